The first-order chi connectivity index (χ1) is 14.4. The highest BCUT2D eigenvalue weighted by Gasteiger charge is 2.15. The van der Waals surface area contributed by atoms with E-state index in [2.05, 4.69) is 48.0 Å². The van der Waals surface area contributed by atoms with Gasteiger partial charge in [0.05, 0.1) is 17.5 Å². The van der Waals surface area contributed by atoms with Crippen LogP contribution in [0.1, 0.15) is 49.8 Å². The Kier molecular flexibility index (Phi) is 7.05. The van der Waals surface area contributed by atoms with Gasteiger partial charge in [0.15, 0.2) is 5.65 Å². The van der Waals surface area contributed by atoms with Gasteiger partial charge in [0.2, 0.25) is 0 Å². The monoisotopic (exact) mass is 409 g/mol. The summed E-state index contributed by atoms with van der Waals surface area (Å²) < 4.78 is 7.66. The minimum atomic E-state index is -0.186. The smallest absolute Gasteiger partial charge is 0.257 e. The summed E-state index contributed by atoms with van der Waals surface area (Å²) in [6.07, 6.45) is 1.75. The van der Waals surface area contributed by atoms with Gasteiger partial charge in [-0.3, -0.25) is 4.79 Å². The number of pyridine rings is 1. The number of fused-ring (bicyclic) bond motifs is 1. The van der Waals surface area contributed by atoms with Gasteiger partial charge in [0, 0.05) is 23.7 Å². The van der Waals surface area contributed by atoms with Gasteiger partial charge in [-0.15, -0.1) is 0 Å². The zero-order valence-electron chi connectivity index (χ0n) is 18.5. The topological polar surface area (TPSA) is 72.3 Å². The predicted molar refractivity (Wildman–Crippen MR) is 120 cm³/mol. The summed E-state index contributed by atoms with van der Waals surface area (Å²) in [5, 5.41) is 8.18. The Bertz CT molecular complexity index is 991. The van der Waals surface area contributed by atoms with Crippen molar-refractivity contribution in [1.82, 2.24) is 19.7 Å². The highest BCUT2D eigenvalue weighted by Crippen LogP contribution is 2.21. The van der Waals surface area contributed by atoms with E-state index in [1.54, 1.807) is 6.20 Å². The highest BCUT2D eigenvalue weighted by molar-refractivity contribution is 6.06. The number of nitrogens with one attached hydrogen (secondary N) is 1. The molecular formula is C23H31N5O2. The Balaban J connectivity index is 1.65. The van der Waals surface area contributed by atoms with Crippen molar-refractivity contribution in [2.45, 2.75) is 40.7 Å². The summed E-state index contributed by atoms with van der Waals surface area (Å²) in [6, 6.07) is 9.51. The van der Waals surface area contributed by atoms with Crippen LogP contribution in [0.2, 0.25) is 0 Å². The molecule has 0 radical (unpaired) electrons. The molecule has 0 aliphatic carbocycles. The maximum Gasteiger partial charge on any atom is 0.257 e. The lowest BCUT2D eigenvalue weighted by Gasteiger charge is -2.18. The molecule has 160 valence electrons. The summed E-state index contributed by atoms with van der Waals surface area (Å²) in [5.74, 6) is 0.606. The molecule has 1 N–H and O–H groups in total. The Morgan fingerprint density at radius 1 is 1.20 bits per heavy atom. The number of carbonyl (C=O) groups is 1. The van der Waals surface area contributed by atoms with Crippen molar-refractivity contribution in [3.63, 3.8) is 0 Å². The third-order valence-electron chi connectivity index (χ3n) is 5.18. The van der Waals surface area contributed by atoms with Crippen LogP contribution in [-0.2, 0) is 0 Å². The summed E-state index contributed by atoms with van der Waals surface area (Å²) in [7, 11) is 0. The Labute approximate surface area is 178 Å². The number of rotatable bonds is 9. The summed E-state index contributed by atoms with van der Waals surface area (Å²) in [4.78, 5) is 19.7. The molecule has 1 amide bonds. The van der Waals surface area contributed by atoms with Crippen LogP contribution in [0.15, 0.2) is 36.5 Å². The fourth-order valence-electron chi connectivity index (χ4n) is 3.34. The minimum absolute atomic E-state index is 0.186. The van der Waals surface area contributed by atoms with Gasteiger partial charge in [0.1, 0.15) is 12.4 Å². The number of anilines is 1. The summed E-state index contributed by atoms with van der Waals surface area (Å²) in [6.45, 7) is 13.8. The molecule has 0 unspecified atom stereocenters. The molecule has 3 aromatic rings. The predicted octanol–water partition coefficient (Wildman–Crippen LogP) is 4.29. The standard InChI is InChI=1S/C23H31N5O2/c1-6-27(7-2)12-13-30-20-10-8-19(9-11-20)26-23(29)21-14-18-15-24-28(16(3)4)22(18)25-17(21)5/h8-11,14-16H,6-7,12-13H2,1-5H3,(H,26,29). The molecule has 0 fully saturated rings. The second kappa shape index (κ2) is 9.71. The van der Waals surface area contributed by atoms with E-state index >= 15 is 0 Å². The van der Waals surface area contributed by atoms with Gasteiger partial charge >= 0.3 is 0 Å². The van der Waals surface area contributed by atoms with E-state index in [0.29, 0.717) is 23.6 Å². The van der Waals surface area contributed by atoms with E-state index in [1.807, 2.05) is 41.9 Å². The number of amides is 1. The van der Waals surface area contributed by atoms with Crippen molar-refractivity contribution >= 4 is 22.6 Å². The lowest BCUT2D eigenvalue weighted by Crippen LogP contribution is -2.27. The molecule has 0 bridgehead atoms. The molecule has 0 spiro atoms. The minimum Gasteiger partial charge on any atom is -0.492 e. The largest absolute Gasteiger partial charge is 0.492 e. The van der Waals surface area contributed by atoms with Gasteiger partial charge in [-0.25, -0.2) is 9.67 Å². The van der Waals surface area contributed by atoms with Crippen molar-refractivity contribution in [1.29, 1.82) is 0 Å². The second-order valence-corrected chi connectivity index (χ2v) is 7.57. The number of aromatic nitrogens is 3. The SMILES string of the molecule is CCN(CC)CCOc1ccc(NC(=O)c2cc3cnn(C(C)C)c3nc2C)cc1. The molecule has 0 aliphatic heterocycles. The molecule has 0 atom stereocenters. The van der Waals surface area contributed by atoms with Crippen LogP contribution < -0.4 is 10.1 Å². The van der Waals surface area contributed by atoms with Crippen molar-refractivity contribution in [2.75, 3.05) is 31.6 Å². The van der Waals surface area contributed by atoms with Crippen molar-refractivity contribution in [2.24, 2.45) is 0 Å². The Morgan fingerprint density at radius 3 is 2.53 bits per heavy atom. The molecular weight excluding hydrogens is 378 g/mol. The van der Waals surface area contributed by atoms with E-state index in [1.165, 1.54) is 0 Å². The number of hydrogen-bond acceptors (Lipinski definition) is 5. The van der Waals surface area contributed by atoms with Crippen LogP contribution >= 0.6 is 0 Å². The van der Waals surface area contributed by atoms with E-state index in [4.69, 9.17) is 4.74 Å². The molecule has 30 heavy (non-hydrogen) atoms. The highest BCUT2D eigenvalue weighted by atomic mass is 16.5. The lowest BCUT2D eigenvalue weighted by molar-refractivity contribution is 0.102. The number of hydrogen-bond donors (Lipinski definition) is 1. The maximum absolute atomic E-state index is 12.8. The third kappa shape index (κ3) is 4.97. The molecule has 3 rings (SSSR count). The van der Waals surface area contributed by atoms with Crippen LogP contribution in [0.5, 0.6) is 5.75 Å². The average molecular weight is 410 g/mol. The third-order valence-corrected chi connectivity index (χ3v) is 5.18. The van der Waals surface area contributed by atoms with Gasteiger partial charge < -0.3 is 15.0 Å². The van der Waals surface area contributed by atoms with Crippen molar-refractivity contribution < 1.29 is 9.53 Å². The molecule has 1 aromatic carbocycles. The zero-order chi connectivity index (χ0) is 21.7. The van der Waals surface area contributed by atoms with Gasteiger partial charge in [0.25, 0.3) is 5.91 Å². The quantitative estimate of drug-likeness (QED) is 0.571. The van der Waals surface area contributed by atoms with E-state index in [9.17, 15) is 4.79 Å². The Hall–Kier alpha value is -2.93. The first kappa shape index (κ1) is 21.8. The first-order valence-corrected chi connectivity index (χ1v) is 10.5. The molecule has 2 heterocycles. The molecule has 0 saturated carbocycles. The molecule has 2 aromatic heterocycles. The maximum atomic E-state index is 12.8. The Morgan fingerprint density at radius 2 is 1.90 bits per heavy atom. The average Bonchev–Trinajstić information content (AvgIpc) is 3.14. The lowest BCUT2D eigenvalue weighted by atomic mass is 10.1. The molecule has 7 heteroatoms. The van der Waals surface area contributed by atoms with Gasteiger partial charge in [-0.1, -0.05) is 13.8 Å². The molecule has 7 nitrogen and oxygen atoms in total. The van der Waals surface area contributed by atoms with Crippen LogP contribution in [-0.4, -0.2) is 51.8 Å². The van der Waals surface area contributed by atoms with E-state index in [0.717, 1.165) is 36.4 Å². The normalized spacial score (nSPS) is 11.4. The van der Waals surface area contributed by atoms with Crippen LogP contribution in [0.25, 0.3) is 11.0 Å². The number of carbonyl (C=O) groups excluding carboxylic acids is 1. The summed E-state index contributed by atoms with van der Waals surface area (Å²) >= 11 is 0. The summed E-state index contributed by atoms with van der Waals surface area (Å²) in [5.41, 5.74) is 2.74. The van der Waals surface area contributed by atoms with Crippen molar-refractivity contribution in [3.8, 4) is 5.75 Å². The zero-order valence-corrected chi connectivity index (χ0v) is 18.5. The molecule has 0 saturated heterocycles. The number of nitrogens with zero attached hydrogens (tertiary/aromatic N) is 4. The number of likely N-dealkylation sites (N-methyl/N-ethyl adjacent to an activating group) is 1. The van der Waals surface area contributed by atoms with Crippen LogP contribution in [0.3, 0.4) is 0 Å². The van der Waals surface area contributed by atoms with Crippen molar-refractivity contribution in [3.05, 3.63) is 47.8 Å². The van der Waals surface area contributed by atoms with E-state index in [-0.39, 0.29) is 11.9 Å². The van der Waals surface area contributed by atoms with Crippen LogP contribution in [0.4, 0.5) is 5.69 Å². The van der Waals surface area contributed by atoms with Gasteiger partial charge in [-0.2, -0.15) is 5.10 Å². The number of aryl methyl sites for hydroxylation is 1. The first-order valence-electron chi connectivity index (χ1n) is 10.5. The number of benzene rings is 1. The fraction of sp³-hybridized carbons (Fsp3) is 0.435. The van der Waals surface area contributed by atoms with E-state index < -0.39 is 0 Å². The number of ether oxygens (including phenoxy) is 1. The molecule has 0 aliphatic rings. The van der Waals surface area contributed by atoms with Gasteiger partial charge in [-0.05, 0) is 64.2 Å². The van der Waals surface area contributed by atoms with Crippen LogP contribution in [0, 0.1) is 6.92 Å². The second-order valence-electron chi connectivity index (χ2n) is 7.57. The fourth-order valence-corrected chi connectivity index (χ4v) is 3.34.